The number of likely N-dealkylation sites (tertiary alicyclic amines) is 1. The number of amides is 2. The number of carbonyl (C=O) groups excluding carboxylic acids is 2. The van der Waals surface area contributed by atoms with Gasteiger partial charge in [-0.15, -0.1) is 0 Å². The van der Waals surface area contributed by atoms with E-state index in [2.05, 4.69) is 22.0 Å². The number of methoxy groups -OCH3 is 1. The minimum atomic E-state index is -0.554. The number of nitrogens with zero attached hydrogens (tertiary/aromatic N) is 2. The van der Waals surface area contributed by atoms with Crippen LogP contribution in [0.4, 0.5) is 4.79 Å². The Kier molecular flexibility index (Phi) is 7.15. The number of carbonyl (C=O) groups is 2. The molecule has 1 N–H and O–H groups in total. The van der Waals surface area contributed by atoms with Gasteiger partial charge in [0.1, 0.15) is 0 Å². The number of hydrogen-bond donors (Lipinski definition) is 1. The number of esters is 1. The van der Waals surface area contributed by atoms with Gasteiger partial charge in [-0.25, -0.2) is 9.59 Å². The molecule has 8 heteroatoms. The summed E-state index contributed by atoms with van der Waals surface area (Å²) >= 11 is 12.5. The smallest absolute Gasteiger partial charge is 0.339 e. The zero-order valence-corrected chi connectivity index (χ0v) is 17.0. The number of halogens is 2. The highest BCUT2D eigenvalue weighted by molar-refractivity contribution is 6.44. The van der Waals surface area contributed by atoms with E-state index in [1.54, 1.807) is 17.0 Å². The third-order valence-electron chi connectivity index (χ3n) is 4.88. The van der Waals surface area contributed by atoms with Crippen LogP contribution in [0.25, 0.3) is 0 Å². The second-order valence-corrected chi connectivity index (χ2v) is 7.39. The van der Waals surface area contributed by atoms with Gasteiger partial charge in [0.2, 0.25) is 0 Å². The molecule has 2 amide bonds. The Morgan fingerprint density at radius 2 is 1.88 bits per heavy atom. The van der Waals surface area contributed by atoms with Gasteiger partial charge in [-0.1, -0.05) is 29.3 Å². The van der Waals surface area contributed by atoms with Crippen LogP contribution in [0.1, 0.15) is 41.7 Å². The van der Waals surface area contributed by atoms with E-state index in [0.29, 0.717) is 5.56 Å². The number of ether oxygens (including phenoxy) is 1. The normalized spacial score (nSPS) is 16.8. The van der Waals surface area contributed by atoms with E-state index in [9.17, 15) is 9.59 Å². The second-order valence-electron chi connectivity index (χ2n) is 6.64. The topological polar surface area (TPSA) is 61.9 Å². The van der Waals surface area contributed by atoms with Crippen molar-refractivity contribution < 1.29 is 14.3 Å². The van der Waals surface area contributed by atoms with Crippen molar-refractivity contribution in [3.8, 4) is 0 Å². The number of benzene rings is 1. The van der Waals surface area contributed by atoms with Crippen LogP contribution < -0.4 is 5.32 Å². The highest BCUT2D eigenvalue weighted by Gasteiger charge is 2.26. The lowest BCUT2D eigenvalue weighted by Gasteiger charge is -2.35. The lowest BCUT2D eigenvalue weighted by Crippen LogP contribution is -2.48. The van der Waals surface area contributed by atoms with Crippen molar-refractivity contribution in [1.29, 1.82) is 0 Å². The second kappa shape index (κ2) is 8.93. The number of hydrogen-bond acceptors (Lipinski definition) is 4. The van der Waals surface area contributed by atoms with Crippen LogP contribution in [0.3, 0.4) is 0 Å². The molecule has 2 rings (SSSR count). The van der Waals surface area contributed by atoms with Crippen molar-refractivity contribution in [2.45, 2.75) is 31.8 Å². The molecule has 6 nitrogen and oxygen atoms in total. The number of urea groups is 1. The third kappa shape index (κ3) is 4.61. The highest BCUT2D eigenvalue weighted by Crippen LogP contribution is 2.33. The van der Waals surface area contributed by atoms with Gasteiger partial charge in [-0.05, 0) is 51.5 Å². The molecule has 0 saturated carbocycles. The Morgan fingerprint density at radius 3 is 2.46 bits per heavy atom. The molecule has 1 heterocycles. The van der Waals surface area contributed by atoms with Gasteiger partial charge in [0.05, 0.1) is 28.8 Å². The summed E-state index contributed by atoms with van der Waals surface area (Å²) in [5, 5.41) is 3.32. The molecule has 144 valence electrons. The van der Waals surface area contributed by atoms with Crippen LogP contribution in [0.5, 0.6) is 0 Å². The molecule has 0 bridgehead atoms. The van der Waals surface area contributed by atoms with Gasteiger partial charge in [-0.2, -0.15) is 0 Å². The first-order chi connectivity index (χ1) is 12.3. The van der Waals surface area contributed by atoms with Crippen LogP contribution in [0.2, 0.25) is 10.0 Å². The van der Waals surface area contributed by atoms with E-state index >= 15 is 0 Å². The summed E-state index contributed by atoms with van der Waals surface area (Å²) < 4.78 is 4.68. The fourth-order valence-electron chi connectivity index (χ4n) is 3.08. The maximum Gasteiger partial charge on any atom is 0.339 e. The predicted molar refractivity (Wildman–Crippen MR) is 103 cm³/mol. The zero-order valence-electron chi connectivity index (χ0n) is 15.5. The molecule has 0 radical (unpaired) electrons. The minimum absolute atomic E-state index is 0.126. The number of piperidine rings is 1. The molecule has 0 spiro atoms. The van der Waals surface area contributed by atoms with E-state index in [-0.39, 0.29) is 33.7 Å². The van der Waals surface area contributed by atoms with Crippen molar-refractivity contribution in [2.75, 3.05) is 34.3 Å². The predicted octanol–water partition coefficient (Wildman–Crippen LogP) is 3.58. The van der Waals surface area contributed by atoms with Crippen LogP contribution in [-0.4, -0.2) is 62.1 Å². The van der Waals surface area contributed by atoms with Crippen molar-refractivity contribution >= 4 is 35.2 Å². The molecule has 1 aliphatic rings. The Labute approximate surface area is 164 Å². The summed E-state index contributed by atoms with van der Waals surface area (Å²) in [6, 6.07) is 2.95. The van der Waals surface area contributed by atoms with Gasteiger partial charge in [0.15, 0.2) is 0 Å². The summed E-state index contributed by atoms with van der Waals surface area (Å²) in [5.41, 5.74) is 0.847. The van der Waals surface area contributed by atoms with Crippen molar-refractivity contribution in [3.63, 3.8) is 0 Å². The lowest BCUT2D eigenvalue weighted by molar-refractivity contribution is 0.0601. The fraction of sp³-hybridized carbons (Fsp3) is 0.556. The summed E-state index contributed by atoms with van der Waals surface area (Å²) in [6.07, 6.45) is 1.91. The molecule has 1 atom stereocenters. The molecular formula is C18H25Cl2N3O3. The molecule has 26 heavy (non-hydrogen) atoms. The van der Waals surface area contributed by atoms with Gasteiger partial charge in [-0.3, -0.25) is 0 Å². The maximum atomic E-state index is 12.6. The summed E-state index contributed by atoms with van der Waals surface area (Å²) in [7, 11) is 5.18. The Morgan fingerprint density at radius 1 is 1.27 bits per heavy atom. The Hall–Kier alpha value is -1.50. The lowest BCUT2D eigenvalue weighted by atomic mass is 10.0. The Balaban J connectivity index is 2.07. The molecule has 1 aromatic carbocycles. The molecule has 1 fully saturated rings. The zero-order chi connectivity index (χ0) is 19.4. The third-order valence-corrected chi connectivity index (χ3v) is 5.78. The van der Waals surface area contributed by atoms with Crippen LogP contribution >= 0.6 is 23.2 Å². The molecule has 0 aromatic heterocycles. The molecule has 1 aliphatic heterocycles. The van der Waals surface area contributed by atoms with Crippen LogP contribution in [0, 0.1) is 0 Å². The van der Waals surface area contributed by atoms with Crippen molar-refractivity contribution in [2.24, 2.45) is 0 Å². The van der Waals surface area contributed by atoms with Crippen molar-refractivity contribution in [1.82, 2.24) is 15.1 Å². The minimum Gasteiger partial charge on any atom is -0.465 e. The SMILES string of the molecule is COC(=O)c1ccc(C(C)NC(=O)N(C)C2CCN(C)CC2)c(Cl)c1Cl. The first-order valence-electron chi connectivity index (χ1n) is 8.54. The molecular weight excluding hydrogens is 377 g/mol. The number of nitrogens with one attached hydrogen (secondary N) is 1. The highest BCUT2D eigenvalue weighted by atomic mass is 35.5. The monoisotopic (exact) mass is 401 g/mol. The molecule has 0 aliphatic carbocycles. The van der Waals surface area contributed by atoms with Crippen molar-refractivity contribution in [3.05, 3.63) is 33.3 Å². The van der Waals surface area contributed by atoms with E-state index in [0.717, 1.165) is 25.9 Å². The van der Waals surface area contributed by atoms with Crippen LogP contribution in [-0.2, 0) is 4.74 Å². The quantitative estimate of drug-likeness (QED) is 0.783. The summed E-state index contributed by atoms with van der Waals surface area (Å²) in [5.74, 6) is -0.554. The van der Waals surface area contributed by atoms with Gasteiger partial charge in [0, 0.05) is 13.1 Å². The largest absolute Gasteiger partial charge is 0.465 e. The van der Waals surface area contributed by atoms with Crippen LogP contribution in [0.15, 0.2) is 12.1 Å². The van der Waals surface area contributed by atoms with Gasteiger partial charge in [0.25, 0.3) is 0 Å². The van der Waals surface area contributed by atoms with Gasteiger partial charge < -0.3 is 19.9 Å². The van der Waals surface area contributed by atoms with Gasteiger partial charge >= 0.3 is 12.0 Å². The average Bonchev–Trinajstić information content (AvgIpc) is 2.63. The first-order valence-corrected chi connectivity index (χ1v) is 9.30. The molecule has 1 aromatic rings. The fourth-order valence-corrected chi connectivity index (χ4v) is 3.66. The Bertz CT molecular complexity index is 676. The van der Waals surface area contributed by atoms with E-state index in [1.165, 1.54) is 7.11 Å². The molecule has 1 saturated heterocycles. The maximum absolute atomic E-state index is 12.6. The summed E-state index contributed by atoms with van der Waals surface area (Å²) in [6.45, 7) is 3.79. The standard InChI is InChI=1S/C18H25Cl2N3O3/c1-11(13-5-6-14(17(24)26-4)16(20)15(13)19)21-18(25)23(3)12-7-9-22(2)10-8-12/h5-6,11-12H,7-10H2,1-4H3,(H,21,25). The first kappa shape index (κ1) is 20.8. The van der Waals surface area contributed by atoms with E-state index in [1.807, 2.05) is 14.0 Å². The summed E-state index contributed by atoms with van der Waals surface area (Å²) in [4.78, 5) is 28.3. The average molecular weight is 402 g/mol. The van der Waals surface area contributed by atoms with E-state index < -0.39 is 5.97 Å². The molecule has 1 unspecified atom stereocenters. The van der Waals surface area contributed by atoms with E-state index in [4.69, 9.17) is 23.2 Å². The number of rotatable bonds is 4.